The molecule has 0 spiro atoms. The fourth-order valence-electron chi connectivity index (χ4n) is 4.11. The zero-order valence-corrected chi connectivity index (χ0v) is 20.9. The summed E-state index contributed by atoms with van der Waals surface area (Å²) in [5.74, 6) is 0.318. The van der Waals surface area contributed by atoms with Crippen LogP contribution in [0, 0.1) is 0 Å². The number of nitrogens with zero attached hydrogens (tertiary/aromatic N) is 5. The highest BCUT2D eigenvalue weighted by atomic mass is 19.4. The second-order valence-electron chi connectivity index (χ2n) is 8.83. The van der Waals surface area contributed by atoms with E-state index in [4.69, 9.17) is 16.2 Å². The molecule has 1 saturated heterocycles. The lowest BCUT2D eigenvalue weighted by atomic mass is 10.1. The molecule has 0 atom stereocenters. The molecule has 0 unspecified atom stereocenters. The molecule has 1 aliphatic rings. The van der Waals surface area contributed by atoms with Crippen molar-refractivity contribution in [2.45, 2.75) is 19.0 Å². The Kier molecular flexibility index (Phi) is 9.21. The quantitative estimate of drug-likeness (QED) is 0.208. The number of morpholine rings is 1. The van der Waals surface area contributed by atoms with Gasteiger partial charge in [-0.15, -0.1) is 0 Å². The number of rotatable bonds is 10. The van der Waals surface area contributed by atoms with E-state index in [-0.39, 0.29) is 28.9 Å². The van der Waals surface area contributed by atoms with Gasteiger partial charge in [0, 0.05) is 49.7 Å². The first-order valence-electron chi connectivity index (χ1n) is 12.4. The molecule has 0 aliphatic carbocycles. The van der Waals surface area contributed by atoms with Crippen LogP contribution < -0.4 is 16.8 Å². The van der Waals surface area contributed by atoms with Gasteiger partial charge in [-0.05, 0) is 37.6 Å². The van der Waals surface area contributed by atoms with Gasteiger partial charge in [0.15, 0.2) is 11.6 Å². The summed E-state index contributed by atoms with van der Waals surface area (Å²) in [4.78, 5) is 19.5. The third-order valence-corrected chi connectivity index (χ3v) is 6.08. The molecule has 0 radical (unpaired) electrons. The lowest BCUT2D eigenvalue weighted by Crippen LogP contribution is -2.40. The molecule has 0 bridgehead atoms. The minimum absolute atomic E-state index is 0.0556. The van der Waals surface area contributed by atoms with Crippen molar-refractivity contribution in [2.75, 3.05) is 51.7 Å². The number of anilines is 1. The Bertz CT molecular complexity index is 1250. The molecule has 202 valence electrons. The first kappa shape index (κ1) is 27.4. The van der Waals surface area contributed by atoms with E-state index in [9.17, 15) is 13.2 Å². The number of amidine groups is 1. The Hall–Kier alpha value is -3.61. The number of benzene rings is 1. The van der Waals surface area contributed by atoms with Crippen LogP contribution >= 0.6 is 0 Å². The van der Waals surface area contributed by atoms with E-state index >= 15 is 0 Å². The predicted octanol–water partition coefficient (Wildman–Crippen LogP) is 3.03. The number of nitrogens with one attached hydrogen (secondary N) is 1. The molecule has 38 heavy (non-hydrogen) atoms. The average Bonchev–Trinajstić information content (AvgIpc) is 2.91. The predicted molar refractivity (Wildman–Crippen MR) is 140 cm³/mol. The average molecular weight is 529 g/mol. The molecule has 9 nitrogen and oxygen atoms in total. The van der Waals surface area contributed by atoms with E-state index in [1.165, 1.54) is 24.4 Å². The first-order valence-corrected chi connectivity index (χ1v) is 12.4. The highest BCUT2D eigenvalue weighted by molar-refractivity contribution is 6.02. The zero-order valence-electron chi connectivity index (χ0n) is 20.9. The summed E-state index contributed by atoms with van der Waals surface area (Å²) in [5, 5.41) is 3.41. The molecule has 1 aliphatic heterocycles. The summed E-state index contributed by atoms with van der Waals surface area (Å²) < 4.78 is 46.5. The number of hydrogen-bond acceptors (Lipinski definition) is 8. The largest absolute Gasteiger partial charge is 0.417 e. The fraction of sp³-hybridized carbons (Fsp3) is 0.385. The third kappa shape index (κ3) is 7.46. The number of aryl methyl sites for hydroxylation is 1. The summed E-state index contributed by atoms with van der Waals surface area (Å²) in [6, 6.07) is 10.2. The van der Waals surface area contributed by atoms with Gasteiger partial charge in [-0.1, -0.05) is 18.2 Å². The van der Waals surface area contributed by atoms with Crippen LogP contribution in [-0.4, -0.2) is 71.6 Å². The molecule has 4 rings (SSSR count). The van der Waals surface area contributed by atoms with Gasteiger partial charge in [-0.25, -0.2) is 19.9 Å². The minimum Gasteiger partial charge on any atom is -0.383 e. The van der Waals surface area contributed by atoms with Crippen LogP contribution in [0.3, 0.4) is 0 Å². The van der Waals surface area contributed by atoms with Crippen LogP contribution in [0.15, 0.2) is 53.7 Å². The van der Waals surface area contributed by atoms with E-state index < -0.39 is 11.7 Å². The van der Waals surface area contributed by atoms with E-state index in [1.54, 1.807) is 18.2 Å². The first-order chi connectivity index (χ1) is 18.3. The van der Waals surface area contributed by atoms with Crippen molar-refractivity contribution in [3.8, 4) is 11.4 Å². The normalized spacial score (nSPS) is 15.1. The Labute approximate surface area is 219 Å². The number of hydrogen-bond donors (Lipinski definition) is 3. The minimum atomic E-state index is -4.56. The Morgan fingerprint density at radius 2 is 1.87 bits per heavy atom. The lowest BCUT2D eigenvalue weighted by molar-refractivity contribution is -0.137. The molecule has 3 aromatic rings. The summed E-state index contributed by atoms with van der Waals surface area (Å²) in [7, 11) is 0. The van der Waals surface area contributed by atoms with Crippen LogP contribution in [0.5, 0.6) is 0 Å². The van der Waals surface area contributed by atoms with Crippen molar-refractivity contribution in [3.63, 3.8) is 0 Å². The van der Waals surface area contributed by atoms with E-state index in [0.29, 0.717) is 17.7 Å². The number of aromatic nitrogens is 3. The monoisotopic (exact) mass is 528 g/mol. The number of halogens is 3. The van der Waals surface area contributed by atoms with Gasteiger partial charge in [-0.3, -0.25) is 4.90 Å². The topological polar surface area (TPSA) is 128 Å². The SMILES string of the molecule is NC(=Nc1cc(CCCNCCN2CCOCC2)nc(-c2ccccc2C(F)(F)F)n1)c1cccnc1N. The number of nitrogens with two attached hydrogens (primary N) is 2. The Morgan fingerprint density at radius 3 is 2.63 bits per heavy atom. The molecule has 5 N–H and O–H groups in total. The molecular formula is C26H31F3N8O. The zero-order chi connectivity index (χ0) is 27.0. The fourth-order valence-corrected chi connectivity index (χ4v) is 4.11. The van der Waals surface area contributed by atoms with Crippen molar-refractivity contribution in [1.82, 2.24) is 25.2 Å². The molecule has 1 aromatic carbocycles. The number of nitrogen functional groups attached to an aromatic ring is 1. The lowest BCUT2D eigenvalue weighted by Gasteiger charge is -2.26. The smallest absolute Gasteiger partial charge is 0.383 e. The van der Waals surface area contributed by atoms with Gasteiger partial charge in [0.25, 0.3) is 0 Å². The van der Waals surface area contributed by atoms with Gasteiger partial charge in [0.1, 0.15) is 11.7 Å². The Balaban J connectivity index is 1.53. The maximum atomic E-state index is 13.7. The van der Waals surface area contributed by atoms with Crippen molar-refractivity contribution in [2.24, 2.45) is 10.7 Å². The number of aliphatic imine (C=N–C) groups is 1. The molecule has 1 fully saturated rings. The second-order valence-corrected chi connectivity index (χ2v) is 8.83. The number of ether oxygens (including phenoxy) is 1. The summed E-state index contributed by atoms with van der Waals surface area (Å²) in [6.45, 7) is 5.89. The van der Waals surface area contributed by atoms with E-state index in [1.807, 2.05) is 0 Å². The number of alkyl halides is 3. The Morgan fingerprint density at radius 1 is 1.08 bits per heavy atom. The maximum Gasteiger partial charge on any atom is 0.417 e. The van der Waals surface area contributed by atoms with E-state index in [2.05, 4.69) is 30.2 Å². The highest BCUT2D eigenvalue weighted by Crippen LogP contribution is 2.36. The van der Waals surface area contributed by atoms with Gasteiger partial charge >= 0.3 is 6.18 Å². The van der Waals surface area contributed by atoms with Gasteiger partial charge in [0.2, 0.25) is 0 Å². The van der Waals surface area contributed by atoms with E-state index in [0.717, 1.165) is 58.4 Å². The highest BCUT2D eigenvalue weighted by Gasteiger charge is 2.34. The molecule has 3 heterocycles. The second kappa shape index (κ2) is 12.8. The van der Waals surface area contributed by atoms with Crippen LogP contribution in [0.25, 0.3) is 11.4 Å². The summed E-state index contributed by atoms with van der Waals surface area (Å²) in [6.07, 6.45) is -1.79. The summed E-state index contributed by atoms with van der Waals surface area (Å²) >= 11 is 0. The van der Waals surface area contributed by atoms with Crippen molar-refractivity contribution < 1.29 is 17.9 Å². The van der Waals surface area contributed by atoms with Crippen LogP contribution in [0.4, 0.5) is 24.8 Å². The van der Waals surface area contributed by atoms with Gasteiger partial charge in [-0.2, -0.15) is 13.2 Å². The van der Waals surface area contributed by atoms with Crippen LogP contribution in [0.2, 0.25) is 0 Å². The van der Waals surface area contributed by atoms with Crippen molar-refractivity contribution in [1.29, 1.82) is 0 Å². The van der Waals surface area contributed by atoms with Gasteiger partial charge < -0.3 is 21.5 Å². The standard InChI is InChI=1S/C26H31F3N8O/c27-26(28,29)21-8-2-1-6-19(21)25-34-18(5-3-9-32-11-12-37-13-15-38-16-14-37)17-22(36-25)35-24(31)20-7-4-10-33-23(20)30/h1-2,4,6-8,10,17,32H,3,5,9,11-16H2,(H2,30,33)(H2,31,34,35,36). The van der Waals surface area contributed by atoms with Crippen LogP contribution in [-0.2, 0) is 17.3 Å². The molecular weight excluding hydrogens is 497 g/mol. The molecule has 0 amide bonds. The van der Waals surface area contributed by atoms with Crippen LogP contribution in [0.1, 0.15) is 23.2 Å². The maximum absolute atomic E-state index is 13.7. The third-order valence-electron chi connectivity index (χ3n) is 6.08. The molecule has 0 saturated carbocycles. The molecule has 12 heteroatoms. The summed E-state index contributed by atoms with van der Waals surface area (Å²) in [5.41, 5.74) is 12.1. The number of pyridine rings is 1. The van der Waals surface area contributed by atoms with Crippen molar-refractivity contribution in [3.05, 3.63) is 65.5 Å². The molecule has 2 aromatic heterocycles. The van der Waals surface area contributed by atoms with Gasteiger partial charge in [0.05, 0.1) is 24.3 Å². The van der Waals surface area contributed by atoms with Crippen molar-refractivity contribution >= 4 is 17.5 Å².